The zero-order valence-electron chi connectivity index (χ0n) is 7.18. The number of aromatic nitrogens is 2. The van der Waals surface area contributed by atoms with Crippen molar-refractivity contribution in [1.82, 2.24) is 9.97 Å². The monoisotopic (exact) mass is 151 g/mol. The van der Waals surface area contributed by atoms with Gasteiger partial charge in [0.15, 0.2) is 0 Å². The first kappa shape index (κ1) is 7.98. The molecule has 0 aromatic carbocycles. The number of H-pyrrole nitrogens is 1. The van der Waals surface area contributed by atoms with E-state index in [4.69, 9.17) is 0 Å². The van der Waals surface area contributed by atoms with E-state index in [-0.39, 0.29) is 0 Å². The number of hydrogen-bond donors (Lipinski definition) is 1. The first-order valence-corrected chi connectivity index (χ1v) is 3.65. The second-order valence-electron chi connectivity index (χ2n) is 2.65. The summed E-state index contributed by atoms with van der Waals surface area (Å²) >= 11 is 0. The fourth-order valence-electron chi connectivity index (χ4n) is 0.878. The van der Waals surface area contributed by atoms with Gasteiger partial charge in [0.2, 0.25) is 0 Å². The average molecular weight is 151 g/mol. The summed E-state index contributed by atoms with van der Waals surface area (Å²) in [5, 5.41) is 0. The summed E-state index contributed by atoms with van der Waals surface area (Å²) in [5.74, 6) is 0.991. The molecule has 0 aliphatic heterocycles. The van der Waals surface area contributed by atoms with Gasteiger partial charge in [-0.3, -0.25) is 4.99 Å². The molecule has 0 saturated carbocycles. The summed E-state index contributed by atoms with van der Waals surface area (Å²) in [6, 6.07) is 0. The molecule has 1 rings (SSSR count). The molecule has 0 atom stereocenters. The van der Waals surface area contributed by atoms with Crippen LogP contribution >= 0.6 is 0 Å². The van der Waals surface area contributed by atoms with Crippen LogP contribution in [0.1, 0.15) is 18.4 Å². The molecule has 0 fully saturated rings. The van der Waals surface area contributed by atoms with Gasteiger partial charge in [0.25, 0.3) is 0 Å². The topological polar surface area (TPSA) is 41.0 Å². The molecule has 0 aliphatic carbocycles. The number of rotatable bonds is 2. The lowest BCUT2D eigenvalue weighted by molar-refractivity contribution is 1.06. The van der Waals surface area contributed by atoms with Crippen molar-refractivity contribution in [2.75, 3.05) is 7.05 Å². The predicted molar refractivity (Wildman–Crippen MR) is 46.1 cm³/mol. The average Bonchev–Trinajstić information content (AvgIpc) is 2.35. The first-order valence-electron chi connectivity index (χ1n) is 3.65. The Kier molecular flexibility index (Phi) is 2.41. The quantitative estimate of drug-likeness (QED) is 0.637. The van der Waals surface area contributed by atoms with Crippen molar-refractivity contribution in [3.8, 4) is 0 Å². The molecule has 0 amide bonds. The highest BCUT2D eigenvalue weighted by Crippen LogP contribution is 1.96. The third kappa shape index (κ3) is 2.18. The van der Waals surface area contributed by atoms with Gasteiger partial charge < -0.3 is 4.98 Å². The van der Waals surface area contributed by atoms with Crippen molar-refractivity contribution in [3.63, 3.8) is 0 Å². The summed E-state index contributed by atoms with van der Waals surface area (Å²) in [7, 11) is 1.80. The number of aromatic amines is 1. The Bertz CT molecular complexity index is 260. The number of nitrogens with one attached hydrogen (secondary N) is 1. The van der Waals surface area contributed by atoms with Gasteiger partial charge in [0, 0.05) is 31.1 Å². The highest BCUT2D eigenvalue weighted by Gasteiger charge is 1.97. The fourth-order valence-corrected chi connectivity index (χ4v) is 0.878. The first-order chi connectivity index (χ1) is 5.22. The van der Waals surface area contributed by atoms with E-state index in [9.17, 15) is 0 Å². The molecule has 0 aliphatic rings. The van der Waals surface area contributed by atoms with E-state index < -0.39 is 0 Å². The van der Waals surface area contributed by atoms with Crippen molar-refractivity contribution >= 4 is 5.71 Å². The molecular formula is C8H13N3. The molecule has 1 N–H and O–H groups in total. The molecule has 1 aromatic heterocycles. The minimum atomic E-state index is 0.824. The van der Waals surface area contributed by atoms with Crippen molar-refractivity contribution in [2.45, 2.75) is 20.3 Å². The second kappa shape index (κ2) is 3.32. The van der Waals surface area contributed by atoms with E-state index in [2.05, 4.69) is 15.0 Å². The van der Waals surface area contributed by atoms with Gasteiger partial charge in [-0.15, -0.1) is 0 Å². The Morgan fingerprint density at radius 3 is 2.91 bits per heavy atom. The molecule has 11 heavy (non-hydrogen) atoms. The Morgan fingerprint density at radius 2 is 2.45 bits per heavy atom. The van der Waals surface area contributed by atoms with E-state index >= 15 is 0 Å². The smallest absolute Gasteiger partial charge is 0.111 e. The third-order valence-corrected chi connectivity index (χ3v) is 1.56. The van der Waals surface area contributed by atoms with Crippen LogP contribution in [0.4, 0.5) is 0 Å². The highest BCUT2D eigenvalue weighted by atomic mass is 14.9. The maximum absolute atomic E-state index is 4.17. The van der Waals surface area contributed by atoms with Gasteiger partial charge >= 0.3 is 0 Å². The molecule has 0 bridgehead atoms. The van der Waals surface area contributed by atoms with Gasteiger partial charge in [-0.2, -0.15) is 0 Å². The number of hydrogen-bond acceptors (Lipinski definition) is 2. The zero-order valence-corrected chi connectivity index (χ0v) is 7.18. The SMILES string of the molecule is CN=C(C)Cc1ncc(C)[nH]1. The summed E-state index contributed by atoms with van der Waals surface area (Å²) in [5.41, 5.74) is 2.20. The van der Waals surface area contributed by atoms with Crippen LogP contribution in [0.3, 0.4) is 0 Å². The zero-order chi connectivity index (χ0) is 8.27. The maximum atomic E-state index is 4.17. The summed E-state index contributed by atoms with van der Waals surface area (Å²) in [4.78, 5) is 11.4. The molecule has 0 saturated heterocycles. The predicted octanol–water partition coefficient (Wildman–Crippen LogP) is 1.35. The van der Waals surface area contributed by atoms with E-state index in [1.165, 1.54) is 0 Å². The molecule has 3 nitrogen and oxygen atoms in total. The van der Waals surface area contributed by atoms with Crippen LogP contribution in [-0.4, -0.2) is 22.7 Å². The van der Waals surface area contributed by atoms with Crippen LogP contribution < -0.4 is 0 Å². The fraction of sp³-hybridized carbons (Fsp3) is 0.500. The highest BCUT2D eigenvalue weighted by molar-refractivity contribution is 5.83. The van der Waals surface area contributed by atoms with Crippen molar-refractivity contribution < 1.29 is 0 Å². The van der Waals surface area contributed by atoms with Gasteiger partial charge in [-0.1, -0.05) is 0 Å². The number of imidazole rings is 1. The molecule has 0 unspecified atom stereocenters. The molecule has 1 heterocycles. The molecule has 60 valence electrons. The van der Waals surface area contributed by atoms with Crippen LogP contribution in [0.5, 0.6) is 0 Å². The Balaban J connectivity index is 2.65. The summed E-state index contributed by atoms with van der Waals surface area (Å²) < 4.78 is 0. The minimum Gasteiger partial charge on any atom is -0.346 e. The second-order valence-corrected chi connectivity index (χ2v) is 2.65. The normalized spacial score (nSPS) is 12.1. The van der Waals surface area contributed by atoms with Crippen LogP contribution in [0.15, 0.2) is 11.2 Å². The summed E-state index contributed by atoms with van der Waals surface area (Å²) in [6.45, 7) is 3.99. The molecule has 1 aromatic rings. The minimum absolute atomic E-state index is 0.824. The lowest BCUT2D eigenvalue weighted by atomic mass is 10.3. The van der Waals surface area contributed by atoms with Gasteiger partial charge in [-0.25, -0.2) is 4.98 Å². The standard InChI is InChI=1S/C8H13N3/c1-6(9-3)4-8-10-5-7(2)11-8/h5H,4H2,1-3H3,(H,10,11). The Hall–Kier alpha value is -1.12. The van der Waals surface area contributed by atoms with Crippen molar-refractivity contribution in [2.24, 2.45) is 4.99 Å². The van der Waals surface area contributed by atoms with E-state index in [1.54, 1.807) is 7.05 Å². The van der Waals surface area contributed by atoms with Crippen molar-refractivity contribution in [3.05, 3.63) is 17.7 Å². The molecule has 0 radical (unpaired) electrons. The lowest BCUT2D eigenvalue weighted by Gasteiger charge is -1.93. The summed E-state index contributed by atoms with van der Waals surface area (Å²) in [6.07, 6.45) is 2.66. The van der Waals surface area contributed by atoms with E-state index in [1.807, 2.05) is 20.0 Å². The number of nitrogens with zero attached hydrogens (tertiary/aromatic N) is 2. The van der Waals surface area contributed by atoms with Gasteiger partial charge in [-0.05, 0) is 13.8 Å². The number of aryl methyl sites for hydroxylation is 1. The Morgan fingerprint density at radius 1 is 1.73 bits per heavy atom. The lowest BCUT2D eigenvalue weighted by Crippen LogP contribution is -1.98. The number of aliphatic imine (C=N–C) groups is 1. The van der Waals surface area contributed by atoms with Crippen LogP contribution in [0.25, 0.3) is 0 Å². The van der Waals surface area contributed by atoms with Crippen LogP contribution in [0, 0.1) is 6.92 Å². The van der Waals surface area contributed by atoms with E-state index in [0.717, 1.165) is 23.7 Å². The largest absolute Gasteiger partial charge is 0.346 e. The molecular weight excluding hydrogens is 138 g/mol. The van der Waals surface area contributed by atoms with Crippen LogP contribution in [0.2, 0.25) is 0 Å². The van der Waals surface area contributed by atoms with Crippen molar-refractivity contribution in [1.29, 1.82) is 0 Å². The third-order valence-electron chi connectivity index (χ3n) is 1.56. The van der Waals surface area contributed by atoms with Gasteiger partial charge in [0.1, 0.15) is 5.82 Å². The molecule has 0 spiro atoms. The maximum Gasteiger partial charge on any atom is 0.111 e. The van der Waals surface area contributed by atoms with Gasteiger partial charge in [0.05, 0.1) is 0 Å². The van der Waals surface area contributed by atoms with E-state index in [0.29, 0.717) is 0 Å². The van der Waals surface area contributed by atoms with Crippen LogP contribution in [-0.2, 0) is 6.42 Å². The Labute approximate surface area is 66.6 Å². The molecule has 3 heteroatoms.